The van der Waals surface area contributed by atoms with Crippen molar-refractivity contribution in [1.82, 2.24) is 4.98 Å². The van der Waals surface area contributed by atoms with Crippen molar-refractivity contribution in [3.63, 3.8) is 0 Å². The number of furan rings is 1. The number of pyridine rings is 1. The highest BCUT2D eigenvalue weighted by Gasteiger charge is 2.22. The quantitative estimate of drug-likeness (QED) is 0.326. The molecule has 0 amide bonds. The van der Waals surface area contributed by atoms with Crippen LogP contribution in [-0.4, -0.2) is 21.2 Å². The van der Waals surface area contributed by atoms with Gasteiger partial charge in [0.25, 0.3) is 0 Å². The fourth-order valence-electron chi connectivity index (χ4n) is 5.12. The second kappa shape index (κ2) is 8.57. The predicted octanol–water partition coefficient (Wildman–Crippen LogP) is 6.25. The molecule has 4 aromatic rings. The first kappa shape index (κ1) is 21.0. The minimum absolute atomic E-state index is 0.405. The molecule has 0 atom stereocenters. The Morgan fingerprint density at radius 1 is 1.09 bits per heavy atom. The van der Waals surface area contributed by atoms with E-state index < -0.39 is 6.29 Å². The van der Waals surface area contributed by atoms with E-state index in [9.17, 15) is 10.2 Å². The number of para-hydroxylation sites is 1. The number of benzene rings is 2. The number of nitrogens with zero attached hydrogens (tertiary/aromatic N) is 1. The number of fused-ring (bicyclic) bond motifs is 2. The van der Waals surface area contributed by atoms with Gasteiger partial charge in [-0.25, -0.2) is 4.98 Å². The van der Waals surface area contributed by atoms with Crippen LogP contribution in [0.2, 0.25) is 0 Å². The van der Waals surface area contributed by atoms with Crippen molar-refractivity contribution in [2.24, 2.45) is 0 Å². The molecule has 0 radical (unpaired) electrons. The highest BCUT2D eigenvalue weighted by Crippen LogP contribution is 2.39. The van der Waals surface area contributed by atoms with E-state index in [4.69, 9.17) is 9.40 Å². The van der Waals surface area contributed by atoms with E-state index in [-0.39, 0.29) is 0 Å². The van der Waals surface area contributed by atoms with Crippen LogP contribution in [0.4, 0.5) is 5.69 Å². The first-order valence-corrected chi connectivity index (χ1v) is 11.6. The Morgan fingerprint density at radius 3 is 2.62 bits per heavy atom. The van der Waals surface area contributed by atoms with E-state index in [2.05, 4.69) is 24.4 Å². The Morgan fingerprint density at radius 2 is 1.88 bits per heavy atom. The lowest BCUT2D eigenvalue weighted by atomic mass is 9.94. The fraction of sp³-hybridized carbons (Fsp3) is 0.370. The molecule has 0 unspecified atom stereocenters. The minimum atomic E-state index is -1.60. The predicted molar refractivity (Wildman–Crippen MR) is 129 cm³/mol. The number of aromatic nitrogens is 1. The zero-order valence-corrected chi connectivity index (χ0v) is 18.7. The van der Waals surface area contributed by atoms with Gasteiger partial charge in [-0.3, -0.25) is 0 Å². The van der Waals surface area contributed by atoms with Crippen LogP contribution in [0.25, 0.3) is 33.1 Å². The normalized spacial score (nSPS) is 15.2. The van der Waals surface area contributed by atoms with Crippen LogP contribution in [0.15, 0.2) is 46.9 Å². The molecule has 5 rings (SSSR count). The molecule has 0 saturated heterocycles. The largest absolute Gasteiger partial charge is 0.461 e. The lowest BCUT2D eigenvalue weighted by molar-refractivity contribution is -0.0413. The molecular weight excluding hydrogens is 400 g/mol. The van der Waals surface area contributed by atoms with Crippen molar-refractivity contribution in [2.75, 3.05) is 5.32 Å². The number of aryl methyl sites for hydroxylation is 2. The number of hydrogen-bond donors (Lipinski definition) is 3. The first-order valence-electron chi connectivity index (χ1n) is 11.6. The van der Waals surface area contributed by atoms with E-state index in [1.54, 1.807) is 0 Å². The second-order valence-electron chi connectivity index (χ2n) is 8.83. The van der Waals surface area contributed by atoms with E-state index in [1.165, 1.54) is 19.3 Å². The van der Waals surface area contributed by atoms with Gasteiger partial charge >= 0.3 is 0 Å². The molecule has 1 aliphatic carbocycles. The maximum Gasteiger partial charge on any atom is 0.179 e. The zero-order chi connectivity index (χ0) is 22.2. The van der Waals surface area contributed by atoms with Gasteiger partial charge in [-0.05, 0) is 49.9 Å². The number of aliphatic hydroxyl groups is 2. The standard InChI is InChI=1S/C27H30N2O3/c1-3-17-13-14-21(28-18-9-5-4-6-10-18)25-20(27(30)31)15-22(29-26(17)25)24-16(2)32-23-12-8-7-11-19(23)24/h7-8,11-15,18,27-28,30-31H,3-6,9-10H2,1-2H3. The summed E-state index contributed by atoms with van der Waals surface area (Å²) >= 11 is 0. The fourth-order valence-corrected chi connectivity index (χ4v) is 5.12. The zero-order valence-electron chi connectivity index (χ0n) is 18.7. The molecular formula is C27H30N2O3. The third-order valence-corrected chi connectivity index (χ3v) is 6.73. The third-order valence-electron chi connectivity index (χ3n) is 6.73. The molecule has 5 heteroatoms. The molecule has 1 aliphatic rings. The van der Waals surface area contributed by atoms with Crippen molar-refractivity contribution in [1.29, 1.82) is 0 Å². The van der Waals surface area contributed by atoms with E-state index in [0.717, 1.165) is 63.7 Å². The highest BCUT2D eigenvalue weighted by atomic mass is 16.5. The summed E-state index contributed by atoms with van der Waals surface area (Å²) in [7, 11) is 0. The summed E-state index contributed by atoms with van der Waals surface area (Å²) in [5, 5.41) is 26.3. The van der Waals surface area contributed by atoms with Crippen LogP contribution in [0.3, 0.4) is 0 Å². The van der Waals surface area contributed by atoms with Crippen molar-refractivity contribution in [3.05, 3.63) is 59.4 Å². The van der Waals surface area contributed by atoms with Gasteiger partial charge in [0.2, 0.25) is 0 Å². The van der Waals surface area contributed by atoms with E-state index in [0.29, 0.717) is 17.3 Å². The summed E-state index contributed by atoms with van der Waals surface area (Å²) in [6.07, 6.45) is 5.23. The number of anilines is 1. The molecule has 0 aliphatic heterocycles. The van der Waals surface area contributed by atoms with Crippen molar-refractivity contribution in [3.8, 4) is 11.3 Å². The molecule has 2 aromatic carbocycles. The van der Waals surface area contributed by atoms with Crippen molar-refractivity contribution in [2.45, 2.75) is 64.7 Å². The summed E-state index contributed by atoms with van der Waals surface area (Å²) in [6, 6.07) is 14.3. The molecule has 3 N–H and O–H groups in total. The maximum absolute atomic E-state index is 10.4. The van der Waals surface area contributed by atoms with Gasteiger partial charge in [0.05, 0.1) is 11.2 Å². The van der Waals surface area contributed by atoms with Crippen LogP contribution in [0, 0.1) is 6.92 Å². The molecule has 32 heavy (non-hydrogen) atoms. The average Bonchev–Trinajstić information content (AvgIpc) is 3.14. The smallest absolute Gasteiger partial charge is 0.179 e. The average molecular weight is 431 g/mol. The molecule has 1 saturated carbocycles. The lowest BCUT2D eigenvalue weighted by Gasteiger charge is -2.26. The first-order chi connectivity index (χ1) is 15.6. The summed E-state index contributed by atoms with van der Waals surface area (Å²) in [5.74, 6) is 0.769. The van der Waals surface area contributed by atoms with Crippen molar-refractivity contribution >= 4 is 27.6 Å². The Bertz CT molecular complexity index is 1270. The SMILES string of the molecule is CCc1ccc(NC2CCCCC2)c2c(C(O)O)cc(-c3c(C)oc4ccccc34)nc12. The summed E-state index contributed by atoms with van der Waals surface area (Å²) in [5.41, 5.74) is 5.71. The Hall–Kier alpha value is -2.89. The summed E-state index contributed by atoms with van der Waals surface area (Å²) in [6.45, 7) is 4.03. The molecule has 0 bridgehead atoms. The van der Waals surface area contributed by atoms with Gasteiger partial charge in [0.1, 0.15) is 11.3 Å². The van der Waals surface area contributed by atoms with Gasteiger partial charge in [-0.2, -0.15) is 0 Å². The number of aliphatic hydroxyl groups excluding tert-OH is 1. The molecule has 0 spiro atoms. The summed E-state index contributed by atoms with van der Waals surface area (Å²) in [4.78, 5) is 5.07. The van der Waals surface area contributed by atoms with Gasteiger partial charge < -0.3 is 19.9 Å². The number of nitrogens with one attached hydrogen (secondary N) is 1. The van der Waals surface area contributed by atoms with Gasteiger partial charge in [0.15, 0.2) is 6.29 Å². The Labute approximate surface area is 188 Å². The van der Waals surface area contributed by atoms with Gasteiger partial charge in [0, 0.05) is 33.6 Å². The monoisotopic (exact) mass is 430 g/mol. The second-order valence-corrected chi connectivity index (χ2v) is 8.83. The number of rotatable bonds is 5. The molecule has 5 nitrogen and oxygen atoms in total. The van der Waals surface area contributed by atoms with E-state index in [1.807, 2.05) is 37.3 Å². The Balaban J connectivity index is 1.74. The highest BCUT2D eigenvalue weighted by molar-refractivity contribution is 6.01. The minimum Gasteiger partial charge on any atom is -0.461 e. The van der Waals surface area contributed by atoms with Crippen LogP contribution in [0.1, 0.15) is 62.2 Å². The van der Waals surface area contributed by atoms with Crippen LogP contribution in [0.5, 0.6) is 0 Å². The topological polar surface area (TPSA) is 78.5 Å². The van der Waals surface area contributed by atoms with Gasteiger partial charge in [-0.1, -0.05) is 50.5 Å². The van der Waals surface area contributed by atoms with Gasteiger partial charge in [-0.15, -0.1) is 0 Å². The lowest BCUT2D eigenvalue weighted by Crippen LogP contribution is -2.22. The molecule has 166 valence electrons. The Kier molecular flexibility index (Phi) is 5.62. The number of hydrogen-bond acceptors (Lipinski definition) is 5. The third kappa shape index (κ3) is 3.65. The summed E-state index contributed by atoms with van der Waals surface area (Å²) < 4.78 is 5.97. The van der Waals surface area contributed by atoms with Crippen LogP contribution < -0.4 is 5.32 Å². The molecule has 2 aromatic heterocycles. The molecule has 1 fully saturated rings. The van der Waals surface area contributed by atoms with Crippen molar-refractivity contribution < 1.29 is 14.6 Å². The maximum atomic E-state index is 10.4. The van der Waals surface area contributed by atoms with E-state index >= 15 is 0 Å². The molecule has 2 heterocycles. The van der Waals surface area contributed by atoms with Crippen LogP contribution in [-0.2, 0) is 6.42 Å². The van der Waals surface area contributed by atoms with Crippen LogP contribution >= 0.6 is 0 Å².